The van der Waals surface area contributed by atoms with E-state index in [0.29, 0.717) is 4.22 Å². The molecule has 0 aliphatic carbocycles. The molecule has 2 bridgehead atoms. The molecular weight excluding hydrogens is 223 g/mol. The first kappa shape index (κ1) is 10.1. The summed E-state index contributed by atoms with van der Waals surface area (Å²) in [5.41, 5.74) is 0. The van der Waals surface area contributed by atoms with Crippen molar-refractivity contribution in [3.05, 3.63) is 0 Å². The van der Waals surface area contributed by atoms with Crippen molar-refractivity contribution in [2.24, 2.45) is 0 Å². The van der Waals surface area contributed by atoms with Crippen LogP contribution in [0.5, 0.6) is 0 Å². The van der Waals surface area contributed by atoms with Crippen LogP contribution in [0.25, 0.3) is 0 Å². The van der Waals surface area contributed by atoms with Crippen LogP contribution >= 0.6 is 15.9 Å². The Morgan fingerprint density at radius 1 is 1.00 bits per heavy atom. The summed E-state index contributed by atoms with van der Waals surface area (Å²) in [4.78, 5) is 0. The minimum absolute atomic E-state index is 0.378. The molecule has 2 aliphatic heterocycles. The number of fused-ring (bicyclic) bond motifs is 2. The quantitative estimate of drug-likeness (QED) is 0.475. The van der Waals surface area contributed by atoms with Crippen molar-refractivity contribution in [3.63, 3.8) is 0 Å². The topological polar surface area (TPSA) is 0 Å². The van der Waals surface area contributed by atoms with Gasteiger partial charge in [-0.2, -0.15) is 0 Å². The van der Waals surface area contributed by atoms with Crippen LogP contribution in [0.2, 0.25) is 11.6 Å². The van der Waals surface area contributed by atoms with Gasteiger partial charge in [-0.05, 0) is 4.22 Å². The first-order valence-electron chi connectivity index (χ1n) is 5.78. The highest BCUT2D eigenvalue weighted by atomic mass is 79.9. The monoisotopic (exact) mass is 242 g/mol. The highest BCUT2D eigenvalue weighted by Gasteiger charge is 2.46. The van der Waals surface area contributed by atoms with Crippen LogP contribution in [-0.2, 0) is 0 Å². The number of hydrogen-bond acceptors (Lipinski definition) is 0. The van der Waals surface area contributed by atoms with Gasteiger partial charge < -0.3 is 0 Å². The van der Waals surface area contributed by atoms with E-state index in [4.69, 9.17) is 0 Å². The highest BCUT2D eigenvalue weighted by molar-refractivity contribution is 9.10. The Morgan fingerprint density at radius 2 is 1.38 bits per heavy atom. The normalized spacial score (nSPS) is 34.8. The fraction of sp³-hybridized carbons (Fsp3) is 1.00. The third kappa shape index (κ3) is 1.98. The molecule has 0 nitrogen and oxygen atoms in total. The standard InChI is InChI=1S/C11H20BBr/c1-11(2,13)12-9-5-3-6-10(12)8-4-7-9/h9-10H,3-8H2,1-2H3. The van der Waals surface area contributed by atoms with E-state index in [9.17, 15) is 0 Å². The lowest BCUT2D eigenvalue weighted by molar-refractivity contribution is 0.435. The van der Waals surface area contributed by atoms with Crippen LogP contribution in [0, 0.1) is 0 Å². The third-order valence-electron chi connectivity index (χ3n) is 4.11. The molecule has 0 aromatic heterocycles. The zero-order valence-corrected chi connectivity index (χ0v) is 10.4. The van der Waals surface area contributed by atoms with Gasteiger partial charge in [0, 0.05) is 0 Å². The Labute approximate surface area is 91.1 Å². The molecule has 0 amide bonds. The van der Waals surface area contributed by atoms with Gasteiger partial charge in [-0.15, -0.1) is 0 Å². The fourth-order valence-corrected chi connectivity index (χ4v) is 4.54. The van der Waals surface area contributed by atoms with Crippen LogP contribution in [0.1, 0.15) is 52.4 Å². The third-order valence-corrected chi connectivity index (χ3v) is 4.64. The predicted molar refractivity (Wildman–Crippen MR) is 64.0 cm³/mol. The number of hydrogen-bond donors (Lipinski definition) is 0. The Balaban J connectivity index is 2.15. The maximum atomic E-state index is 3.90. The summed E-state index contributed by atoms with van der Waals surface area (Å²) in [5.74, 6) is 2.06. The molecule has 0 radical (unpaired) electrons. The van der Waals surface area contributed by atoms with E-state index >= 15 is 0 Å². The lowest BCUT2D eigenvalue weighted by atomic mass is 9.23. The molecule has 0 unspecified atom stereocenters. The zero-order chi connectivity index (χ0) is 9.47. The summed E-state index contributed by atoms with van der Waals surface area (Å²) in [5, 5.41) is 0. The average molecular weight is 243 g/mol. The lowest BCUT2D eigenvalue weighted by Gasteiger charge is -2.45. The van der Waals surface area contributed by atoms with Crippen molar-refractivity contribution < 1.29 is 0 Å². The first-order chi connectivity index (χ1) is 6.09. The molecule has 2 rings (SSSR count). The van der Waals surface area contributed by atoms with Gasteiger partial charge in [-0.25, -0.2) is 0 Å². The van der Waals surface area contributed by atoms with Crippen LogP contribution in [0.15, 0.2) is 0 Å². The van der Waals surface area contributed by atoms with E-state index in [1.54, 1.807) is 0 Å². The summed E-state index contributed by atoms with van der Waals surface area (Å²) in [6, 6.07) is 0. The summed E-state index contributed by atoms with van der Waals surface area (Å²) in [6.07, 6.45) is 8.97. The van der Waals surface area contributed by atoms with Gasteiger partial charge in [0.1, 0.15) is 0 Å². The molecule has 0 spiro atoms. The summed E-state index contributed by atoms with van der Waals surface area (Å²) >= 11 is 3.90. The Hall–Kier alpha value is 0.545. The van der Waals surface area contributed by atoms with Crippen molar-refractivity contribution in [1.29, 1.82) is 0 Å². The van der Waals surface area contributed by atoms with E-state index in [2.05, 4.69) is 29.8 Å². The molecule has 2 heteroatoms. The molecule has 13 heavy (non-hydrogen) atoms. The van der Waals surface area contributed by atoms with Gasteiger partial charge in [0.25, 0.3) is 0 Å². The molecule has 0 aromatic rings. The minimum Gasteiger partial charge on any atom is -0.0950 e. The van der Waals surface area contributed by atoms with E-state index in [0.717, 1.165) is 18.3 Å². The molecule has 2 fully saturated rings. The molecule has 74 valence electrons. The van der Waals surface area contributed by atoms with Gasteiger partial charge in [0.05, 0.1) is 0 Å². The molecule has 0 saturated carbocycles. The fourth-order valence-electron chi connectivity index (χ4n) is 3.80. The number of halogens is 1. The molecule has 0 N–H and O–H groups in total. The van der Waals surface area contributed by atoms with Crippen molar-refractivity contribution in [2.45, 2.75) is 68.2 Å². The average Bonchev–Trinajstić information content (AvgIpc) is 2.01. The van der Waals surface area contributed by atoms with Gasteiger partial charge in [-0.1, -0.05) is 79.9 Å². The largest absolute Gasteiger partial charge is 0.165 e. The molecule has 0 atom stereocenters. The lowest BCUT2D eigenvalue weighted by Crippen LogP contribution is -2.47. The van der Waals surface area contributed by atoms with E-state index in [1.165, 1.54) is 38.5 Å². The Kier molecular flexibility index (Phi) is 2.79. The second-order valence-corrected chi connectivity index (χ2v) is 7.52. The first-order valence-corrected chi connectivity index (χ1v) is 6.57. The summed E-state index contributed by atoms with van der Waals surface area (Å²) in [7, 11) is 0. The van der Waals surface area contributed by atoms with E-state index < -0.39 is 0 Å². The maximum absolute atomic E-state index is 3.90. The van der Waals surface area contributed by atoms with E-state index in [-0.39, 0.29) is 0 Å². The molecular formula is C11H20BBr. The van der Waals surface area contributed by atoms with Gasteiger partial charge in [0.15, 0.2) is 6.71 Å². The van der Waals surface area contributed by atoms with E-state index in [1.807, 2.05) is 0 Å². The second kappa shape index (κ2) is 3.60. The van der Waals surface area contributed by atoms with Crippen LogP contribution in [-0.4, -0.2) is 10.9 Å². The summed E-state index contributed by atoms with van der Waals surface area (Å²) < 4.78 is 0.378. The highest BCUT2D eigenvalue weighted by Crippen LogP contribution is 2.51. The van der Waals surface area contributed by atoms with Crippen molar-refractivity contribution in [1.82, 2.24) is 0 Å². The molecule has 2 saturated heterocycles. The van der Waals surface area contributed by atoms with Crippen LogP contribution in [0.3, 0.4) is 0 Å². The van der Waals surface area contributed by atoms with Gasteiger partial charge in [0.2, 0.25) is 0 Å². The number of alkyl halides is 1. The Morgan fingerprint density at radius 3 is 1.62 bits per heavy atom. The van der Waals surface area contributed by atoms with Crippen LogP contribution < -0.4 is 0 Å². The van der Waals surface area contributed by atoms with Gasteiger partial charge >= 0.3 is 0 Å². The van der Waals surface area contributed by atoms with Crippen molar-refractivity contribution in [2.75, 3.05) is 0 Å². The summed E-state index contributed by atoms with van der Waals surface area (Å²) in [6.45, 7) is 5.69. The second-order valence-electron chi connectivity index (χ2n) is 5.47. The Bertz CT molecular complexity index is 163. The maximum Gasteiger partial charge on any atom is 0.165 e. The SMILES string of the molecule is CC(C)(Br)B1C2CCCC1CCC2. The van der Waals surface area contributed by atoms with Crippen LogP contribution in [0.4, 0.5) is 0 Å². The molecule has 0 aromatic carbocycles. The number of rotatable bonds is 1. The minimum atomic E-state index is 0.378. The predicted octanol–water partition coefficient (Wildman–Crippen LogP) is 4.30. The van der Waals surface area contributed by atoms with Crippen molar-refractivity contribution >= 4 is 22.6 Å². The van der Waals surface area contributed by atoms with Crippen molar-refractivity contribution in [3.8, 4) is 0 Å². The zero-order valence-electron chi connectivity index (χ0n) is 8.85. The van der Waals surface area contributed by atoms with Gasteiger partial charge in [-0.3, -0.25) is 0 Å². The smallest absolute Gasteiger partial charge is 0.0950 e. The molecule has 2 heterocycles. The molecule has 2 aliphatic rings.